The molecule has 0 fully saturated rings. The highest BCUT2D eigenvalue weighted by molar-refractivity contribution is 5.82. The highest BCUT2D eigenvalue weighted by Gasteiger charge is 2.11. The SMILES string of the molecule is CCCn1c(CCCc2ccc(O)cc2)cn(Cc2ccc3ccccc3c2)c1=O. The molecular formula is C26H28N2O2. The number of phenolic OH excluding ortho intramolecular Hbond substituents is 1. The lowest BCUT2D eigenvalue weighted by Crippen LogP contribution is -2.25. The van der Waals surface area contributed by atoms with Crippen LogP contribution < -0.4 is 5.69 Å². The van der Waals surface area contributed by atoms with Gasteiger partial charge in [0.2, 0.25) is 0 Å². The summed E-state index contributed by atoms with van der Waals surface area (Å²) in [4.78, 5) is 13.0. The maximum Gasteiger partial charge on any atom is 0.328 e. The van der Waals surface area contributed by atoms with Crippen molar-refractivity contribution in [1.29, 1.82) is 0 Å². The average Bonchev–Trinajstić information content (AvgIpc) is 3.04. The number of nitrogens with zero attached hydrogens (tertiary/aromatic N) is 2. The molecule has 1 heterocycles. The molecule has 0 bridgehead atoms. The van der Waals surface area contributed by atoms with Gasteiger partial charge >= 0.3 is 5.69 Å². The molecule has 0 aliphatic heterocycles. The van der Waals surface area contributed by atoms with E-state index in [0.29, 0.717) is 12.3 Å². The van der Waals surface area contributed by atoms with Crippen LogP contribution >= 0.6 is 0 Å². The van der Waals surface area contributed by atoms with Crippen LogP contribution in [0.1, 0.15) is 36.6 Å². The van der Waals surface area contributed by atoms with E-state index in [4.69, 9.17) is 0 Å². The number of aromatic hydroxyl groups is 1. The molecule has 30 heavy (non-hydrogen) atoms. The van der Waals surface area contributed by atoms with Crippen molar-refractivity contribution in [3.8, 4) is 5.75 Å². The maximum atomic E-state index is 13.0. The maximum absolute atomic E-state index is 13.0. The topological polar surface area (TPSA) is 47.2 Å². The molecule has 154 valence electrons. The van der Waals surface area contributed by atoms with Crippen molar-refractivity contribution in [3.63, 3.8) is 0 Å². The first-order valence-electron chi connectivity index (χ1n) is 10.7. The Labute approximate surface area is 177 Å². The lowest BCUT2D eigenvalue weighted by atomic mass is 10.1. The molecule has 0 atom stereocenters. The first-order valence-corrected chi connectivity index (χ1v) is 10.7. The predicted molar refractivity (Wildman–Crippen MR) is 122 cm³/mol. The molecule has 4 nitrogen and oxygen atoms in total. The summed E-state index contributed by atoms with van der Waals surface area (Å²) in [6.07, 6.45) is 5.72. The molecule has 3 aromatic carbocycles. The Morgan fingerprint density at radius 1 is 0.867 bits per heavy atom. The Hall–Kier alpha value is -3.27. The minimum absolute atomic E-state index is 0.0737. The van der Waals surface area contributed by atoms with E-state index in [-0.39, 0.29) is 5.69 Å². The third-order valence-electron chi connectivity index (χ3n) is 5.58. The number of hydrogen-bond donors (Lipinski definition) is 1. The second kappa shape index (κ2) is 9.04. The van der Waals surface area contributed by atoms with E-state index in [1.54, 1.807) is 12.1 Å². The molecule has 4 heteroatoms. The molecular weight excluding hydrogens is 372 g/mol. The standard InChI is InChI=1S/C26H28N2O2/c1-2-16-28-24(9-5-6-20-11-14-25(29)15-12-20)19-27(26(28)30)18-21-10-13-22-7-3-4-8-23(22)17-21/h3-4,7-8,10-15,17,19,29H,2,5-6,9,16,18H2,1H3. The zero-order valence-corrected chi connectivity index (χ0v) is 17.4. The summed E-state index contributed by atoms with van der Waals surface area (Å²) in [7, 11) is 0. The Morgan fingerprint density at radius 2 is 1.60 bits per heavy atom. The van der Waals surface area contributed by atoms with Crippen LogP contribution in [0.15, 0.2) is 77.7 Å². The van der Waals surface area contributed by atoms with Crippen molar-refractivity contribution in [1.82, 2.24) is 9.13 Å². The number of hydrogen-bond acceptors (Lipinski definition) is 2. The number of aryl methyl sites for hydroxylation is 2. The molecule has 0 saturated carbocycles. The summed E-state index contributed by atoms with van der Waals surface area (Å²) < 4.78 is 3.77. The third-order valence-corrected chi connectivity index (χ3v) is 5.58. The molecule has 0 aliphatic carbocycles. The number of aromatic nitrogens is 2. The fourth-order valence-corrected chi connectivity index (χ4v) is 4.03. The van der Waals surface area contributed by atoms with Crippen LogP contribution in [0.5, 0.6) is 5.75 Å². The molecule has 4 rings (SSSR count). The molecule has 0 saturated heterocycles. The van der Waals surface area contributed by atoms with E-state index in [9.17, 15) is 9.90 Å². The number of benzene rings is 3. The Balaban J connectivity index is 1.51. The minimum Gasteiger partial charge on any atom is -0.508 e. The van der Waals surface area contributed by atoms with Gasteiger partial charge in [-0.15, -0.1) is 0 Å². The van der Waals surface area contributed by atoms with Gasteiger partial charge in [0.1, 0.15) is 5.75 Å². The summed E-state index contributed by atoms with van der Waals surface area (Å²) in [5.74, 6) is 0.293. The van der Waals surface area contributed by atoms with Crippen molar-refractivity contribution in [2.45, 2.75) is 45.7 Å². The largest absolute Gasteiger partial charge is 0.508 e. The number of imidazole rings is 1. The summed E-state index contributed by atoms with van der Waals surface area (Å²) in [5.41, 5.74) is 3.51. The monoisotopic (exact) mass is 400 g/mol. The van der Waals surface area contributed by atoms with Crippen molar-refractivity contribution < 1.29 is 5.11 Å². The molecule has 0 unspecified atom stereocenters. The second-order valence-corrected chi connectivity index (χ2v) is 7.88. The summed E-state index contributed by atoms with van der Waals surface area (Å²) >= 11 is 0. The van der Waals surface area contributed by atoms with Crippen molar-refractivity contribution >= 4 is 10.8 Å². The van der Waals surface area contributed by atoms with E-state index >= 15 is 0 Å². The zero-order chi connectivity index (χ0) is 20.9. The quantitative estimate of drug-likeness (QED) is 0.445. The Morgan fingerprint density at radius 3 is 2.37 bits per heavy atom. The Bertz CT molecular complexity index is 1190. The summed E-state index contributed by atoms with van der Waals surface area (Å²) in [6, 6.07) is 22.1. The van der Waals surface area contributed by atoms with Crippen LogP contribution in [-0.2, 0) is 25.9 Å². The lowest BCUT2D eigenvalue weighted by Gasteiger charge is -2.06. The van der Waals surface area contributed by atoms with Crippen molar-refractivity contribution in [3.05, 3.63) is 100 Å². The van der Waals surface area contributed by atoms with Crippen LogP contribution in [0.25, 0.3) is 10.8 Å². The molecule has 0 radical (unpaired) electrons. The number of phenols is 1. The highest BCUT2D eigenvalue weighted by Crippen LogP contribution is 2.17. The van der Waals surface area contributed by atoms with Gasteiger partial charge in [-0.1, -0.05) is 55.5 Å². The second-order valence-electron chi connectivity index (χ2n) is 7.88. The molecule has 0 amide bonds. The Kier molecular flexibility index (Phi) is 6.03. The van der Waals surface area contributed by atoms with E-state index in [2.05, 4.69) is 37.3 Å². The normalized spacial score (nSPS) is 11.2. The molecule has 1 aromatic heterocycles. The molecule has 1 N–H and O–H groups in total. The fourth-order valence-electron chi connectivity index (χ4n) is 4.03. The van der Waals surface area contributed by atoms with Gasteiger partial charge in [0, 0.05) is 18.4 Å². The third kappa shape index (κ3) is 4.48. The smallest absolute Gasteiger partial charge is 0.328 e. The van der Waals surface area contributed by atoms with Gasteiger partial charge in [-0.2, -0.15) is 0 Å². The van der Waals surface area contributed by atoms with Crippen LogP contribution in [0.3, 0.4) is 0 Å². The van der Waals surface area contributed by atoms with Crippen molar-refractivity contribution in [2.24, 2.45) is 0 Å². The van der Waals surface area contributed by atoms with Crippen molar-refractivity contribution in [2.75, 3.05) is 0 Å². The zero-order valence-electron chi connectivity index (χ0n) is 17.4. The van der Waals surface area contributed by atoms with Gasteiger partial charge in [0.25, 0.3) is 0 Å². The molecule has 0 aliphatic rings. The van der Waals surface area contributed by atoms with Gasteiger partial charge in [0.05, 0.1) is 6.54 Å². The van der Waals surface area contributed by atoms with Crippen LogP contribution in [0, 0.1) is 0 Å². The van der Waals surface area contributed by atoms with Crippen LogP contribution in [0.2, 0.25) is 0 Å². The first-order chi connectivity index (χ1) is 14.6. The predicted octanol–water partition coefficient (Wildman–Crippen LogP) is 5.14. The first kappa shape index (κ1) is 20.0. The molecule has 0 spiro atoms. The van der Waals surface area contributed by atoms with Gasteiger partial charge in [-0.05, 0) is 65.8 Å². The van der Waals surface area contributed by atoms with Gasteiger partial charge in [-0.3, -0.25) is 9.13 Å². The van der Waals surface area contributed by atoms with Gasteiger partial charge in [-0.25, -0.2) is 4.79 Å². The van der Waals surface area contributed by atoms with Crippen LogP contribution in [0.4, 0.5) is 0 Å². The molecule has 4 aromatic rings. The summed E-state index contributed by atoms with van der Waals surface area (Å²) in [5, 5.41) is 11.8. The highest BCUT2D eigenvalue weighted by atomic mass is 16.3. The van der Waals surface area contributed by atoms with E-state index < -0.39 is 0 Å². The fraction of sp³-hybridized carbons (Fsp3) is 0.269. The van der Waals surface area contributed by atoms with E-state index in [0.717, 1.165) is 43.5 Å². The van der Waals surface area contributed by atoms with Gasteiger partial charge < -0.3 is 5.11 Å². The number of fused-ring (bicyclic) bond motifs is 1. The lowest BCUT2D eigenvalue weighted by molar-refractivity contribution is 0.475. The minimum atomic E-state index is 0.0737. The van der Waals surface area contributed by atoms with Gasteiger partial charge in [0.15, 0.2) is 0 Å². The summed E-state index contributed by atoms with van der Waals surface area (Å²) in [6.45, 7) is 3.44. The van der Waals surface area contributed by atoms with E-state index in [1.165, 1.54) is 16.3 Å². The number of rotatable bonds is 8. The van der Waals surface area contributed by atoms with E-state index in [1.807, 2.05) is 39.6 Å². The van der Waals surface area contributed by atoms with Crippen LogP contribution in [-0.4, -0.2) is 14.2 Å². The average molecular weight is 401 g/mol.